The van der Waals surface area contributed by atoms with Gasteiger partial charge in [0.15, 0.2) is 5.16 Å². The molecule has 1 atom stereocenters. The highest BCUT2D eigenvalue weighted by atomic mass is 32.2. The van der Waals surface area contributed by atoms with Crippen LogP contribution in [0.4, 0.5) is 0 Å². The molecule has 132 valence electrons. The van der Waals surface area contributed by atoms with Crippen LogP contribution >= 0.6 is 11.8 Å². The summed E-state index contributed by atoms with van der Waals surface area (Å²) >= 11 is 1.35. The van der Waals surface area contributed by atoms with E-state index in [2.05, 4.69) is 10.2 Å². The first-order valence-electron chi connectivity index (χ1n) is 8.49. The Hall–Kier alpha value is -2.06. The van der Waals surface area contributed by atoms with E-state index in [-0.39, 0.29) is 17.6 Å². The Morgan fingerprint density at radius 2 is 1.96 bits per heavy atom. The fraction of sp³-hybridized carbons (Fsp3) is 0.471. The molecule has 2 aromatic rings. The fourth-order valence-electron chi connectivity index (χ4n) is 2.97. The van der Waals surface area contributed by atoms with Gasteiger partial charge >= 0.3 is 5.69 Å². The van der Waals surface area contributed by atoms with E-state index in [4.69, 9.17) is 4.74 Å². The number of aromatic amines is 1. The number of morpholine rings is 1. The standard InChI is InChI=1S/C17H20N4O3S/c22-15(20-8-10-24-11-9-20)14(12-4-2-1-3-5-12)25-17-19-18-16(23)21(17)13-6-7-13/h1-5,13-14H,6-11H2,(H,18,23). The maximum atomic E-state index is 13.1. The third-order valence-electron chi connectivity index (χ3n) is 4.46. The number of ether oxygens (including phenoxy) is 1. The quantitative estimate of drug-likeness (QED) is 0.819. The predicted molar refractivity (Wildman–Crippen MR) is 93.6 cm³/mol. The maximum Gasteiger partial charge on any atom is 0.344 e. The number of nitrogens with one attached hydrogen (secondary N) is 1. The van der Waals surface area contributed by atoms with Crippen molar-refractivity contribution < 1.29 is 9.53 Å². The number of rotatable bonds is 5. The van der Waals surface area contributed by atoms with E-state index in [1.54, 1.807) is 4.57 Å². The molecule has 1 saturated carbocycles. The van der Waals surface area contributed by atoms with Crippen LogP contribution in [0.15, 0.2) is 40.3 Å². The van der Waals surface area contributed by atoms with Crippen LogP contribution in [0.1, 0.15) is 29.7 Å². The molecule has 1 aliphatic carbocycles. The van der Waals surface area contributed by atoms with Gasteiger partial charge < -0.3 is 9.64 Å². The number of amides is 1. The van der Waals surface area contributed by atoms with Gasteiger partial charge in [0, 0.05) is 19.1 Å². The fourth-order valence-corrected chi connectivity index (χ4v) is 4.17. The summed E-state index contributed by atoms with van der Waals surface area (Å²) < 4.78 is 7.04. The van der Waals surface area contributed by atoms with Crippen LogP contribution in [0.2, 0.25) is 0 Å². The molecule has 0 bridgehead atoms. The van der Waals surface area contributed by atoms with Gasteiger partial charge in [-0.3, -0.25) is 9.36 Å². The highest BCUT2D eigenvalue weighted by Gasteiger charge is 2.33. The molecule has 2 heterocycles. The molecule has 7 nitrogen and oxygen atoms in total. The summed E-state index contributed by atoms with van der Waals surface area (Å²) in [6.07, 6.45) is 1.97. The van der Waals surface area contributed by atoms with Crippen LogP contribution < -0.4 is 5.69 Å². The molecule has 2 fully saturated rings. The zero-order valence-corrected chi connectivity index (χ0v) is 14.6. The second-order valence-electron chi connectivity index (χ2n) is 6.26. The summed E-state index contributed by atoms with van der Waals surface area (Å²) in [6, 6.07) is 9.88. The van der Waals surface area contributed by atoms with Crippen LogP contribution in [0, 0.1) is 0 Å². The van der Waals surface area contributed by atoms with Crippen molar-refractivity contribution in [3.8, 4) is 0 Å². The Bertz CT molecular complexity index is 794. The largest absolute Gasteiger partial charge is 0.378 e. The number of carbonyl (C=O) groups is 1. The van der Waals surface area contributed by atoms with Crippen molar-refractivity contribution in [2.75, 3.05) is 26.3 Å². The van der Waals surface area contributed by atoms with Gasteiger partial charge in [0.25, 0.3) is 0 Å². The minimum atomic E-state index is -0.424. The minimum absolute atomic E-state index is 0.0392. The first-order valence-corrected chi connectivity index (χ1v) is 9.37. The van der Waals surface area contributed by atoms with E-state index in [0.29, 0.717) is 31.5 Å². The van der Waals surface area contributed by atoms with Crippen molar-refractivity contribution in [1.82, 2.24) is 19.7 Å². The molecule has 1 aromatic carbocycles. The van der Waals surface area contributed by atoms with Gasteiger partial charge in [0.05, 0.1) is 13.2 Å². The lowest BCUT2D eigenvalue weighted by Gasteiger charge is -2.30. The molecule has 1 N–H and O–H groups in total. The third-order valence-corrected chi connectivity index (χ3v) is 5.67. The summed E-state index contributed by atoms with van der Waals surface area (Å²) in [6.45, 7) is 2.32. The summed E-state index contributed by atoms with van der Waals surface area (Å²) in [7, 11) is 0. The van der Waals surface area contributed by atoms with Crippen molar-refractivity contribution >= 4 is 17.7 Å². The molecule has 1 amide bonds. The average molecular weight is 360 g/mol. The maximum absolute atomic E-state index is 13.1. The summed E-state index contributed by atoms with van der Waals surface area (Å²) in [5.74, 6) is 0.0392. The van der Waals surface area contributed by atoms with Gasteiger partial charge in [0.2, 0.25) is 5.91 Å². The SMILES string of the molecule is O=C(C(Sc1n[nH]c(=O)n1C1CC1)c1ccccc1)N1CCOCC1. The molecule has 4 rings (SSSR count). The van der Waals surface area contributed by atoms with E-state index in [0.717, 1.165) is 18.4 Å². The van der Waals surface area contributed by atoms with Gasteiger partial charge in [-0.2, -0.15) is 0 Å². The monoisotopic (exact) mass is 360 g/mol. The lowest BCUT2D eigenvalue weighted by atomic mass is 10.1. The Morgan fingerprint density at radius 3 is 2.64 bits per heavy atom. The van der Waals surface area contributed by atoms with E-state index in [1.807, 2.05) is 35.2 Å². The molecule has 25 heavy (non-hydrogen) atoms. The van der Waals surface area contributed by atoms with Crippen LogP contribution in [-0.2, 0) is 9.53 Å². The topological polar surface area (TPSA) is 80.2 Å². The molecule has 1 aromatic heterocycles. The molecule has 8 heteroatoms. The Morgan fingerprint density at radius 1 is 1.24 bits per heavy atom. The summed E-state index contributed by atoms with van der Waals surface area (Å²) in [5, 5.41) is 6.85. The molecule has 2 aliphatic rings. The highest BCUT2D eigenvalue weighted by Crippen LogP contribution is 2.40. The normalized spacial score (nSPS) is 19.0. The van der Waals surface area contributed by atoms with Crippen LogP contribution in [0.3, 0.4) is 0 Å². The Balaban J connectivity index is 1.64. The van der Waals surface area contributed by atoms with Crippen molar-refractivity contribution in [2.24, 2.45) is 0 Å². The first kappa shape index (κ1) is 16.4. The number of benzene rings is 1. The first-order chi connectivity index (χ1) is 12.2. The van der Waals surface area contributed by atoms with Gasteiger partial charge in [-0.25, -0.2) is 9.89 Å². The van der Waals surface area contributed by atoms with E-state index < -0.39 is 5.25 Å². The van der Waals surface area contributed by atoms with Gasteiger partial charge in [-0.15, -0.1) is 5.10 Å². The number of H-pyrrole nitrogens is 1. The van der Waals surface area contributed by atoms with Gasteiger partial charge in [-0.05, 0) is 18.4 Å². The highest BCUT2D eigenvalue weighted by molar-refractivity contribution is 8.00. The van der Waals surface area contributed by atoms with Crippen molar-refractivity contribution in [3.05, 3.63) is 46.4 Å². The lowest BCUT2D eigenvalue weighted by Crippen LogP contribution is -2.42. The molecular formula is C17H20N4O3S. The van der Waals surface area contributed by atoms with E-state index in [1.165, 1.54) is 11.8 Å². The van der Waals surface area contributed by atoms with E-state index in [9.17, 15) is 9.59 Å². The van der Waals surface area contributed by atoms with Crippen LogP contribution in [0.25, 0.3) is 0 Å². The molecule has 0 radical (unpaired) electrons. The van der Waals surface area contributed by atoms with E-state index >= 15 is 0 Å². The number of hydrogen-bond donors (Lipinski definition) is 1. The van der Waals surface area contributed by atoms with Gasteiger partial charge in [0.1, 0.15) is 5.25 Å². The summed E-state index contributed by atoms with van der Waals surface area (Å²) in [4.78, 5) is 27.0. The van der Waals surface area contributed by atoms with Crippen molar-refractivity contribution in [3.63, 3.8) is 0 Å². The summed E-state index contributed by atoms with van der Waals surface area (Å²) in [5.41, 5.74) is 0.720. The van der Waals surface area contributed by atoms with Crippen LogP contribution in [0.5, 0.6) is 0 Å². The lowest BCUT2D eigenvalue weighted by molar-refractivity contribution is -0.134. The molecule has 1 saturated heterocycles. The Kier molecular flexibility index (Phi) is 4.63. The second-order valence-corrected chi connectivity index (χ2v) is 7.33. The molecule has 1 unspecified atom stereocenters. The average Bonchev–Trinajstić information content (AvgIpc) is 3.43. The third kappa shape index (κ3) is 3.50. The number of nitrogens with zero attached hydrogens (tertiary/aromatic N) is 3. The minimum Gasteiger partial charge on any atom is -0.378 e. The Labute approximate surface area is 149 Å². The van der Waals surface area contributed by atoms with Crippen molar-refractivity contribution in [2.45, 2.75) is 29.3 Å². The molecule has 1 aliphatic heterocycles. The zero-order chi connectivity index (χ0) is 17.2. The number of hydrogen-bond acceptors (Lipinski definition) is 5. The van der Waals surface area contributed by atoms with Gasteiger partial charge in [-0.1, -0.05) is 42.1 Å². The van der Waals surface area contributed by atoms with Crippen LogP contribution in [-0.4, -0.2) is 51.9 Å². The zero-order valence-electron chi connectivity index (χ0n) is 13.8. The van der Waals surface area contributed by atoms with Crippen molar-refractivity contribution in [1.29, 1.82) is 0 Å². The number of aromatic nitrogens is 3. The number of thioether (sulfide) groups is 1. The molecular weight excluding hydrogens is 340 g/mol. The smallest absolute Gasteiger partial charge is 0.344 e. The predicted octanol–water partition coefficient (Wildman–Crippen LogP) is 1.60. The second kappa shape index (κ2) is 7.05. The number of carbonyl (C=O) groups excluding carboxylic acids is 1. The molecule has 0 spiro atoms.